The van der Waals surface area contributed by atoms with Gasteiger partial charge in [0, 0.05) is 45.1 Å². The summed E-state index contributed by atoms with van der Waals surface area (Å²) in [6.07, 6.45) is -2.78. The maximum absolute atomic E-state index is 12.6. The van der Waals surface area contributed by atoms with Crippen molar-refractivity contribution in [2.75, 3.05) is 52.4 Å². The van der Waals surface area contributed by atoms with E-state index in [-0.39, 0.29) is 5.91 Å². The number of hydrogen-bond donors (Lipinski definition) is 2. The number of carbonyl (C=O) groups is 3. The van der Waals surface area contributed by atoms with Crippen LogP contribution in [0.3, 0.4) is 0 Å². The Labute approximate surface area is 215 Å². The van der Waals surface area contributed by atoms with Crippen LogP contribution in [0.1, 0.15) is 29.6 Å². The maximum atomic E-state index is 12.6. The molecule has 214 valence electrons. The fourth-order valence-corrected chi connectivity index (χ4v) is 4.57. The zero-order chi connectivity index (χ0) is 28.5. The number of rotatable bonds is 4. The smallest absolute Gasteiger partial charge is 0.475 e. The van der Waals surface area contributed by atoms with Crippen LogP contribution in [0.2, 0.25) is 0 Å². The molecule has 0 spiro atoms. The Balaban J connectivity index is 0.000000301. The first-order valence-corrected chi connectivity index (χ1v) is 11.9. The van der Waals surface area contributed by atoms with Crippen molar-refractivity contribution in [3.63, 3.8) is 0 Å². The first kappa shape index (κ1) is 31.3. The Bertz CT molecular complexity index is 901. The van der Waals surface area contributed by atoms with Gasteiger partial charge in [-0.1, -0.05) is 0 Å². The molecule has 0 aromatic carbocycles. The summed E-state index contributed by atoms with van der Waals surface area (Å²) in [6, 6.07) is 3.72. The van der Waals surface area contributed by atoms with Crippen molar-refractivity contribution in [3.05, 3.63) is 30.1 Å². The molecule has 4 heterocycles. The Morgan fingerprint density at radius 1 is 0.842 bits per heavy atom. The highest BCUT2D eigenvalue weighted by atomic mass is 19.4. The normalized spacial score (nSPS) is 22.0. The summed E-state index contributed by atoms with van der Waals surface area (Å²) >= 11 is 0. The first-order chi connectivity index (χ1) is 17.7. The SMILES string of the molecule is O=C(O)C(F)(F)F.O=C(O)C(F)(F)F.O=C(c1cccnc1)N1C[C@H]2CN(CCN3CCCC3)CC[C@H]2C1. The topological polar surface area (TPSA) is 114 Å². The van der Waals surface area contributed by atoms with E-state index in [0.29, 0.717) is 11.8 Å². The predicted octanol–water partition coefficient (Wildman–Crippen LogP) is 2.84. The lowest BCUT2D eigenvalue weighted by Crippen LogP contribution is -2.43. The van der Waals surface area contributed by atoms with Gasteiger partial charge in [0.05, 0.1) is 5.56 Å². The van der Waals surface area contributed by atoms with Crippen LogP contribution in [0.25, 0.3) is 0 Å². The highest BCUT2D eigenvalue weighted by Crippen LogP contribution is 2.32. The second-order valence-corrected chi connectivity index (χ2v) is 9.22. The van der Waals surface area contributed by atoms with Crippen LogP contribution in [-0.4, -0.2) is 112 Å². The predicted molar refractivity (Wildman–Crippen MR) is 121 cm³/mol. The van der Waals surface area contributed by atoms with Crippen LogP contribution in [0.4, 0.5) is 26.3 Å². The van der Waals surface area contributed by atoms with Crippen LogP contribution in [0, 0.1) is 11.8 Å². The maximum Gasteiger partial charge on any atom is 0.490 e. The first-order valence-electron chi connectivity index (χ1n) is 11.9. The molecule has 1 aromatic heterocycles. The second-order valence-electron chi connectivity index (χ2n) is 9.22. The number of carbonyl (C=O) groups excluding carboxylic acids is 1. The van der Waals surface area contributed by atoms with Crippen molar-refractivity contribution < 1.29 is 50.9 Å². The fourth-order valence-electron chi connectivity index (χ4n) is 4.57. The molecule has 3 aliphatic rings. The molecule has 3 fully saturated rings. The van der Waals surface area contributed by atoms with Crippen molar-refractivity contribution in [1.29, 1.82) is 0 Å². The number of alkyl halides is 6. The minimum absolute atomic E-state index is 0.154. The van der Waals surface area contributed by atoms with E-state index in [2.05, 4.69) is 19.7 Å². The number of carboxylic acid groups (broad SMARTS) is 2. The zero-order valence-electron chi connectivity index (χ0n) is 20.4. The number of likely N-dealkylation sites (tertiary alicyclic amines) is 3. The highest BCUT2D eigenvalue weighted by molar-refractivity contribution is 5.94. The van der Waals surface area contributed by atoms with E-state index in [1.807, 2.05) is 12.1 Å². The van der Waals surface area contributed by atoms with E-state index in [1.165, 1.54) is 52.0 Å². The molecule has 2 atom stereocenters. The van der Waals surface area contributed by atoms with E-state index >= 15 is 0 Å². The molecule has 0 saturated carbocycles. The number of aliphatic carboxylic acids is 2. The van der Waals surface area contributed by atoms with Crippen LogP contribution in [0.15, 0.2) is 24.5 Å². The number of halogens is 6. The van der Waals surface area contributed by atoms with Crippen LogP contribution in [0.5, 0.6) is 0 Å². The molecular weight excluding hydrogens is 526 g/mol. The standard InChI is InChI=1S/C19H28N4O.2C2HF3O2/c24-19(16-4-3-6-20-12-16)23-14-17-5-9-22(13-18(17)15-23)11-10-21-7-1-2-8-21;2*3-2(4,5)1(6)7/h3-4,6,12,17-18H,1-2,5,7-11,13-15H2;2*(H,6,7)/t17-,18+;;/m0../s1. The molecular formula is C23H30F6N4O5. The molecule has 0 radical (unpaired) electrons. The van der Waals surface area contributed by atoms with Crippen molar-refractivity contribution in [3.8, 4) is 0 Å². The number of pyridine rings is 1. The number of nitrogens with zero attached hydrogens (tertiary/aromatic N) is 4. The van der Waals surface area contributed by atoms with Gasteiger partial charge in [0.1, 0.15) is 0 Å². The highest BCUT2D eigenvalue weighted by Gasteiger charge is 2.40. The number of hydrogen-bond acceptors (Lipinski definition) is 6. The number of amides is 1. The molecule has 1 amide bonds. The quantitative estimate of drug-likeness (QED) is 0.545. The summed E-state index contributed by atoms with van der Waals surface area (Å²) in [5.74, 6) is -4.02. The number of fused-ring (bicyclic) bond motifs is 1. The average Bonchev–Trinajstić information content (AvgIpc) is 3.52. The number of aromatic nitrogens is 1. The lowest BCUT2D eigenvalue weighted by atomic mass is 9.89. The minimum atomic E-state index is -5.08. The summed E-state index contributed by atoms with van der Waals surface area (Å²) in [4.78, 5) is 41.8. The molecule has 1 aromatic rings. The summed E-state index contributed by atoms with van der Waals surface area (Å²) in [6.45, 7) is 9.19. The molecule has 0 unspecified atom stereocenters. The van der Waals surface area contributed by atoms with E-state index in [0.717, 1.165) is 25.2 Å². The number of carboxylic acids is 2. The molecule has 3 aliphatic heterocycles. The second kappa shape index (κ2) is 13.7. The van der Waals surface area contributed by atoms with Crippen molar-refractivity contribution >= 4 is 17.8 Å². The third-order valence-electron chi connectivity index (χ3n) is 6.50. The summed E-state index contributed by atoms with van der Waals surface area (Å²) in [5, 5.41) is 14.2. The van der Waals surface area contributed by atoms with Gasteiger partial charge >= 0.3 is 24.3 Å². The van der Waals surface area contributed by atoms with Crippen molar-refractivity contribution in [2.24, 2.45) is 11.8 Å². The van der Waals surface area contributed by atoms with Gasteiger partial charge in [0.2, 0.25) is 0 Å². The third kappa shape index (κ3) is 10.1. The summed E-state index contributed by atoms with van der Waals surface area (Å²) in [7, 11) is 0. The molecule has 0 aliphatic carbocycles. The lowest BCUT2D eigenvalue weighted by molar-refractivity contribution is -0.193. The van der Waals surface area contributed by atoms with Gasteiger partial charge < -0.3 is 24.9 Å². The largest absolute Gasteiger partial charge is 0.490 e. The van der Waals surface area contributed by atoms with Gasteiger partial charge in [-0.25, -0.2) is 9.59 Å². The van der Waals surface area contributed by atoms with Crippen molar-refractivity contribution in [2.45, 2.75) is 31.6 Å². The van der Waals surface area contributed by atoms with Crippen molar-refractivity contribution in [1.82, 2.24) is 19.7 Å². The van der Waals surface area contributed by atoms with Crippen LogP contribution < -0.4 is 0 Å². The van der Waals surface area contributed by atoms with E-state index in [4.69, 9.17) is 19.8 Å². The van der Waals surface area contributed by atoms with Gasteiger partial charge in [-0.15, -0.1) is 0 Å². The summed E-state index contributed by atoms with van der Waals surface area (Å²) in [5.41, 5.74) is 0.724. The van der Waals surface area contributed by atoms with Crippen LogP contribution in [-0.2, 0) is 9.59 Å². The molecule has 0 bridgehead atoms. The molecule has 15 heteroatoms. The Morgan fingerprint density at radius 3 is 1.87 bits per heavy atom. The van der Waals surface area contributed by atoms with Gasteiger partial charge in [-0.2, -0.15) is 26.3 Å². The average molecular weight is 557 g/mol. The van der Waals surface area contributed by atoms with Crippen LogP contribution >= 0.6 is 0 Å². The molecule has 38 heavy (non-hydrogen) atoms. The van der Waals surface area contributed by atoms with Gasteiger partial charge in [0.25, 0.3) is 5.91 Å². The van der Waals surface area contributed by atoms with Gasteiger partial charge in [0.15, 0.2) is 0 Å². The minimum Gasteiger partial charge on any atom is -0.475 e. The Kier molecular flexibility index (Phi) is 11.3. The molecule has 3 saturated heterocycles. The number of piperidine rings is 1. The Hall–Kier alpha value is -2.94. The molecule has 9 nitrogen and oxygen atoms in total. The van der Waals surface area contributed by atoms with E-state index in [9.17, 15) is 31.1 Å². The monoisotopic (exact) mass is 556 g/mol. The zero-order valence-corrected chi connectivity index (χ0v) is 20.4. The summed E-state index contributed by atoms with van der Waals surface area (Å²) < 4.78 is 63.5. The van der Waals surface area contributed by atoms with Gasteiger partial charge in [-0.3, -0.25) is 9.78 Å². The Morgan fingerprint density at radius 2 is 1.37 bits per heavy atom. The lowest BCUT2D eigenvalue weighted by Gasteiger charge is -2.35. The fraction of sp³-hybridized carbons (Fsp3) is 0.652. The third-order valence-corrected chi connectivity index (χ3v) is 6.50. The van der Waals surface area contributed by atoms with E-state index < -0.39 is 24.3 Å². The molecule has 2 N–H and O–H groups in total. The van der Waals surface area contributed by atoms with E-state index in [1.54, 1.807) is 12.4 Å². The van der Waals surface area contributed by atoms with Gasteiger partial charge in [-0.05, 0) is 62.9 Å². The molecule has 4 rings (SSSR count).